The SMILES string of the molecule is C[C@@H]1CN(Cc2ccc(C3=CC=CC3)cc2)C[C@H]1c1nc2c(cnn2C2CCOCC2)c(=O)[nH]1. The zero-order valence-corrected chi connectivity index (χ0v) is 19.6. The van der Waals surface area contributed by atoms with E-state index in [1.165, 1.54) is 16.7 Å². The van der Waals surface area contributed by atoms with Gasteiger partial charge in [-0.15, -0.1) is 0 Å². The van der Waals surface area contributed by atoms with E-state index < -0.39 is 0 Å². The molecule has 4 heterocycles. The monoisotopic (exact) mass is 457 g/mol. The summed E-state index contributed by atoms with van der Waals surface area (Å²) in [5, 5.41) is 5.11. The Morgan fingerprint density at radius 1 is 1.15 bits per heavy atom. The second-order valence-electron chi connectivity index (χ2n) is 9.92. The fourth-order valence-electron chi connectivity index (χ4n) is 5.62. The van der Waals surface area contributed by atoms with E-state index >= 15 is 0 Å². The molecule has 34 heavy (non-hydrogen) atoms. The van der Waals surface area contributed by atoms with Crippen LogP contribution in [-0.2, 0) is 11.3 Å². The largest absolute Gasteiger partial charge is 0.381 e. The number of fused-ring (bicyclic) bond motifs is 1. The van der Waals surface area contributed by atoms with Crippen LogP contribution in [-0.4, -0.2) is 51.0 Å². The Morgan fingerprint density at radius 3 is 2.74 bits per heavy atom. The molecule has 0 amide bonds. The van der Waals surface area contributed by atoms with Crippen LogP contribution < -0.4 is 5.56 Å². The smallest absolute Gasteiger partial charge is 0.262 e. The van der Waals surface area contributed by atoms with Crippen molar-refractivity contribution in [3.63, 3.8) is 0 Å². The minimum atomic E-state index is -0.0877. The number of ether oxygens (including phenoxy) is 1. The van der Waals surface area contributed by atoms with Crippen LogP contribution in [0.5, 0.6) is 0 Å². The quantitative estimate of drug-likeness (QED) is 0.626. The Labute approximate surface area is 199 Å². The third kappa shape index (κ3) is 4.03. The summed E-state index contributed by atoms with van der Waals surface area (Å²) in [7, 11) is 0. The lowest BCUT2D eigenvalue weighted by Gasteiger charge is -2.23. The van der Waals surface area contributed by atoms with Gasteiger partial charge in [0.2, 0.25) is 0 Å². The van der Waals surface area contributed by atoms with Crippen molar-refractivity contribution in [2.45, 2.75) is 44.7 Å². The molecular formula is C27H31N5O2. The molecule has 176 valence electrons. The van der Waals surface area contributed by atoms with E-state index in [9.17, 15) is 4.79 Å². The first-order chi connectivity index (χ1) is 16.7. The molecule has 2 aliphatic heterocycles. The molecule has 1 aliphatic carbocycles. The predicted octanol–water partition coefficient (Wildman–Crippen LogP) is 4.05. The summed E-state index contributed by atoms with van der Waals surface area (Å²) in [6, 6.07) is 9.19. The molecule has 3 aliphatic rings. The number of aromatic nitrogens is 4. The van der Waals surface area contributed by atoms with Crippen LogP contribution in [0.4, 0.5) is 0 Å². The Morgan fingerprint density at radius 2 is 1.97 bits per heavy atom. The number of benzene rings is 1. The number of nitrogens with one attached hydrogen (secondary N) is 1. The van der Waals surface area contributed by atoms with Crippen LogP contribution >= 0.6 is 0 Å². The molecule has 0 bridgehead atoms. The van der Waals surface area contributed by atoms with Crippen LogP contribution in [0.15, 0.2) is 53.5 Å². The van der Waals surface area contributed by atoms with E-state index in [2.05, 4.69) is 64.4 Å². The molecule has 0 spiro atoms. The standard InChI is InChI=1S/C27H31N5O2/c1-18-15-31(16-19-6-8-21(9-7-19)20-4-2-3-5-20)17-24(18)25-29-26-23(27(33)30-25)14-28-32(26)22-10-12-34-13-11-22/h2-4,6-9,14,18,22,24H,5,10-13,15-17H2,1H3,(H,29,30,33)/t18-,24-/m1/s1. The van der Waals surface area contributed by atoms with Crippen molar-refractivity contribution in [2.24, 2.45) is 5.92 Å². The van der Waals surface area contributed by atoms with Crippen molar-refractivity contribution < 1.29 is 4.74 Å². The maximum absolute atomic E-state index is 12.9. The molecule has 0 unspecified atom stereocenters. The topological polar surface area (TPSA) is 76.0 Å². The number of aromatic amines is 1. The second kappa shape index (κ2) is 8.96. The fourth-order valence-corrected chi connectivity index (χ4v) is 5.62. The molecule has 6 rings (SSSR count). The van der Waals surface area contributed by atoms with E-state index in [1.54, 1.807) is 6.20 Å². The van der Waals surface area contributed by atoms with E-state index in [4.69, 9.17) is 9.72 Å². The number of hydrogen-bond acceptors (Lipinski definition) is 5. The Kier molecular flexibility index (Phi) is 5.67. The molecule has 0 radical (unpaired) electrons. The van der Waals surface area contributed by atoms with Gasteiger partial charge in [0.05, 0.1) is 12.2 Å². The number of H-pyrrole nitrogens is 1. The highest BCUT2D eigenvalue weighted by molar-refractivity contribution is 5.73. The lowest BCUT2D eigenvalue weighted by molar-refractivity contribution is 0.0673. The van der Waals surface area contributed by atoms with Gasteiger partial charge in [-0.05, 0) is 41.9 Å². The summed E-state index contributed by atoms with van der Waals surface area (Å²) in [6.07, 6.45) is 11.0. The van der Waals surface area contributed by atoms with Crippen molar-refractivity contribution in [2.75, 3.05) is 26.3 Å². The Balaban J connectivity index is 1.20. The number of nitrogens with zero attached hydrogens (tertiary/aromatic N) is 4. The van der Waals surface area contributed by atoms with E-state index in [-0.39, 0.29) is 17.5 Å². The number of allylic oxidation sites excluding steroid dienone is 4. The summed E-state index contributed by atoms with van der Waals surface area (Å²) < 4.78 is 7.45. The number of hydrogen-bond donors (Lipinski definition) is 1. The average Bonchev–Trinajstić information content (AvgIpc) is 3.60. The van der Waals surface area contributed by atoms with Crippen molar-refractivity contribution in [1.29, 1.82) is 0 Å². The highest BCUT2D eigenvalue weighted by atomic mass is 16.5. The molecule has 1 aromatic carbocycles. The minimum absolute atomic E-state index is 0.0877. The van der Waals surface area contributed by atoms with Crippen LogP contribution in [0.1, 0.15) is 55.1 Å². The maximum Gasteiger partial charge on any atom is 0.262 e. The summed E-state index contributed by atoms with van der Waals surface area (Å²) in [4.78, 5) is 23.4. The van der Waals surface area contributed by atoms with E-state index in [1.807, 2.05) is 4.68 Å². The number of likely N-dealkylation sites (tertiary alicyclic amines) is 1. The molecule has 3 aromatic rings. The molecule has 0 saturated carbocycles. The minimum Gasteiger partial charge on any atom is -0.381 e. The summed E-state index contributed by atoms with van der Waals surface area (Å²) in [5.74, 6) is 1.40. The molecule has 2 atom stereocenters. The first kappa shape index (κ1) is 21.5. The summed E-state index contributed by atoms with van der Waals surface area (Å²) in [6.45, 7) is 6.50. The predicted molar refractivity (Wildman–Crippen MR) is 133 cm³/mol. The van der Waals surface area contributed by atoms with Crippen molar-refractivity contribution in [3.05, 3.63) is 76.0 Å². The molecular weight excluding hydrogens is 426 g/mol. The van der Waals surface area contributed by atoms with Crippen LogP contribution in [0.2, 0.25) is 0 Å². The Bertz CT molecular complexity index is 1300. The van der Waals surface area contributed by atoms with Gasteiger partial charge < -0.3 is 9.72 Å². The van der Waals surface area contributed by atoms with Crippen molar-refractivity contribution >= 4 is 16.6 Å². The zero-order chi connectivity index (χ0) is 23.1. The van der Waals surface area contributed by atoms with Gasteiger partial charge in [0, 0.05) is 38.8 Å². The normalized spacial score (nSPS) is 23.7. The van der Waals surface area contributed by atoms with Crippen molar-refractivity contribution in [1.82, 2.24) is 24.6 Å². The van der Waals surface area contributed by atoms with E-state index in [0.29, 0.717) is 17.0 Å². The number of rotatable bonds is 5. The molecule has 1 N–H and O–H groups in total. The van der Waals surface area contributed by atoms with Gasteiger partial charge in [-0.1, -0.05) is 49.4 Å². The van der Waals surface area contributed by atoms with Gasteiger partial charge in [-0.3, -0.25) is 9.69 Å². The van der Waals surface area contributed by atoms with Gasteiger partial charge >= 0.3 is 0 Å². The first-order valence-corrected chi connectivity index (χ1v) is 12.4. The third-order valence-electron chi connectivity index (χ3n) is 7.56. The zero-order valence-electron chi connectivity index (χ0n) is 19.6. The highest BCUT2D eigenvalue weighted by Crippen LogP contribution is 2.32. The molecule has 7 nitrogen and oxygen atoms in total. The van der Waals surface area contributed by atoms with Gasteiger partial charge in [-0.25, -0.2) is 9.67 Å². The summed E-state index contributed by atoms with van der Waals surface area (Å²) in [5.41, 5.74) is 4.62. The highest BCUT2D eigenvalue weighted by Gasteiger charge is 2.33. The van der Waals surface area contributed by atoms with Gasteiger partial charge in [0.1, 0.15) is 11.2 Å². The fraction of sp³-hybridized carbons (Fsp3) is 0.444. The maximum atomic E-state index is 12.9. The van der Waals surface area contributed by atoms with Gasteiger partial charge in [-0.2, -0.15) is 5.10 Å². The third-order valence-corrected chi connectivity index (χ3v) is 7.56. The van der Waals surface area contributed by atoms with Crippen LogP contribution in [0.25, 0.3) is 16.6 Å². The molecule has 7 heteroatoms. The summed E-state index contributed by atoms with van der Waals surface area (Å²) >= 11 is 0. The van der Waals surface area contributed by atoms with Gasteiger partial charge in [0.15, 0.2) is 5.65 Å². The lowest BCUT2D eigenvalue weighted by Crippen LogP contribution is -2.23. The van der Waals surface area contributed by atoms with E-state index in [0.717, 1.165) is 57.9 Å². The Hall–Kier alpha value is -3.03. The van der Waals surface area contributed by atoms with Crippen molar-refractivity contribution in [3.8, 4) is 0 Å². The average molecular weight is 458 g/mol. The second-order valence-corrected chi connectivity index (χ2v) is 9.92. The molecule has 2 fully saturated rings. The molecule has 2 saturated heterocycles. The van der Waals surface area contributed by atoms with Crippen LogP contribution in [0.3, 0.4) is 0 Å². The lowest BCUT2D eigenvalue weighted by atomic mass is 9.97. The first-order valence-electron chi connectivity index (χ1n) is 12.4. The molecule has 2 aromatic heterocycles. The van der Waals surface area contributed by atoms with Crippen LogP contribution in [0, 0.1) is 5.92 Å². The van der Waals surface area contributed by atoms with Gasteiger partial charge in [0.25, 0.3) is 5.56 Å².